The molecule has 0 bridgehead atoms. The summed E-state index contributed by atoms with van der Waals surface area (Å²) in [6, 6.07) is 10.0. The molecule has 0 aliphatic carbocycles. The smallest absolute Gasteiger partial charge is 0.0378 e. The van der Waals surface area contributed by atoms with Crippen LogP contribution in [0.15, 0.2) is 42.7 Å². The Balaban J connectivity index is 2.17. The number of aromatic nitrogens is 1. The van der Waals surface area contributed by atoms with Crippen molar-refractivity contribution >= 4 is 5.69 Å². The Labute approximate surface area is 101 Å². The standard InChI is InChI=1S/C14H17N3/c1-10-3-2-4-11(7-10)14(16)8-12-9-17-6-5-13(12)15/h2-7,9,14H,8,16H2,1H3,(H2,15,17). The van der Waals surface area contributed by atoms with Crippen molar-refractivity contribution in [3.05, 3.63) is 59.4 Å². The number of anilines is 1. The number of hydrogen-bond acceptors (Lipinski definition) is 3. The van der Waals surface area contributed by atoms with Crippen LogP contribution in [-0.2, 0) is 6.42 Å². The molecule has 0 fully saturated rings. The molecule has 2 aromatic rings. The molecule has 0 radical (unpaired) electrons. The maximum absolute atomic E-state index is 6.18. The first-order chi connectivity index (χ1) is 8.16. The molecule has 1 aromatic heterocycles. The van der Waals surface area contributed by atoms with Gasteiger partial charge in [-0.15, -0.1) is 0 Å². The van der Waals surface area contributed by atoms with Gasteiger partial charge in [0.15, 0.2) is 0 Å². The second kappa shape index (κ2) is 4.97. The monoisotopic (exact) mass is 227 g/mol. The first-order valence-electron chi connectivity index (χ1n) is 5.67. The molecular weight excluding hydrogens is 210 g/mol. The van der Waals surface area contributed by atoms with E-state index in [-0.39, 0.29) is 6.04 Å². The molecule has 3 nitrogen and oxygen atoms in total. The Morgan fingerprint density at radius 1 is 1.29 bits per heavy atom. The second-order valence-corrected chi connectivity index (χ2v) is 4.30. The number of hydrogen-bond donors (Lipinski definition) is 2. The number of nitrogens with zero attached hydrogens (tertiary/aromatic N) is 1. The van der Waals surface area contributed by atoms with Crippen molar-refractivity contribution in [2.45, 2.75) is 19.4 Å². The van der Waals surface area contributed by atoms with Crippen molar-refractivity contribution in [2.75, 3.05) is 5.73 Å². The Morgan fingerprint density at radius 2 is 2.12 bits per heavy atom. The Kier molecular flexibility index (Phi) is 3.40. The van der Waals surface area contributed by atoms with Crippen molar-refractivity contribution in [1.82, 2.24) is 4.98 Å². The molecule has 1 heterocycles. The van der Waals surface area contributed by atoms with Gasteiger partial charge in [0.25, 0.3) is 0 Å². The van der Waals surface area contributed by atoms with Gasteiger partial charge >= 0.3 is 0 Å². The summed E-state index contributed by atoms with van der Waals surface area (Å²) in [5.41, 5.74) is 16.2. The molecule has 0 spiro atoms. The van der Waals surface area contributed by atoms with Crippen molar-refractivity contribution in [2.24, 2.45) is 5.73 Å². The van der Waals surface area contributed by atoms with Gasteiger partial charge < -0.3 is 11.5 Å². The van der Waals surface area contributed by atoms with Gasteiger partial charge in [0.05, 0.1) is 0 Å². The summed E-state index contributed by atoms with van der Waals surface area (Å²) in [4.78, 5) is 4.07. The lowest BCUT2D eigenvalue weighted by atomic mass is 9.98. The quantitative estimate of drug-likeness (QED) is 0.845. The maximum Gasteiger partial charge on any atom is 0.0378 e. The van der Waals surface area contributed by atoms with Gasteiger partial charge in [-0.1, -0.05) is 29.8 Å². The van der Waals surface area contributed by atoms with Crippen LogP contribution in [-0.4, -0.2) is 4.98 Å². The van der Waals surface area contributed by atoms with E-state index in [0.29, 0.717) is 6.42 Å². The van der Waals surface area contributed by atoms with E-state index in [2.05, 4.69) is 24.0 Å². The third-order valence-electron chi connectivity index (χ3n) is 2.85. The van der Waals surface area contributed by atoms with Gasteiger partial charge in [-0.25, -0.2) is 0 Å². The molecule has 17 heavy (non-hydrogen) atoms. The lowest BCUT2D eigenvalue weighted by Gasteiger charge is -2.13. The predicted octanol–water partition coefficient (Wildman–Crippen LogP) is 2.21. The maximum atomic E-state index is 6.18. The van der Waals surface area contributed by atoms with Gasteiger partial charge in [0, 0.05) is 24.1 Å². The van der Waals surface area contributed by atoms with E-state index < -0.39 is 0 Å². The molecule has 0 saturated heterocycles. The lowest BCUT2D eigenvalue weighted by molar-refractivity contribution is 0.720. The van der Waals surface area contributed by atoms with Gasteiger partial charge in [-0.05, 0) is 30.5 Å². The third kappa shape index (κ3) is 2.82. The topological polar surface area (TPSA) is 64.9 Å². The highest BCUT2D eigenvalue weighted by molar-refractivity contribution is 5.45. The minimum Gasteiger partial charge on any atom is -0.398 e. The number of aryl methyl sites for hydroxylation is 1. The minimum absolute atomic E-state index is 0.0404. The van der Waals surface area contributed by atoms with Crippen LogP contribution in [0.25, 0.3) is 0 Å². The largest absolute Gasteiger partial charge is 0.398 e. The molecule has 0 aliphatic heterocycles. The number of pyridine rings is 1. The van der Waals surface area contributed by atoms with E-state index in [9.17, 15) is 0 Å². The van der Waals surface area contributed by atoms with Gasteiger partial charge in [0.1, 0.15) is 0 Å². The highest BCUT2D eigenvalue weighted by Crippen LogP contribution is 2.19. The van der Waals surface area contributed by atoms with Crippen LogP contribution in [0.3, 0.4) is 0 Å². The summed E-state index contributed by atoms with van der Waals surface area (Å²) in [7, 11) is 0. The minimum atomic E-state index is -0.0404. The van der Waals surface area contributed by atoms with Crippen molar-refractivity contribution in [3.8, 4) is 0 Å². The second-order valence-electron chi connectivity index (χ2n) is 4.30. The summed E-state index contributed by atoms with van der Waals surface area (Å²) < 4.78 is 0. The molecule has 2 rings (SSSR count). The summed E-state index contributed by atoms with van der Waals surface area (Å²) in [6.07, 6.45) is 4.19. The Morgan fingerprint density at radius 3 is 2.82 bits per heavy atom. The van der Waals surface area contributed by atoms with Gasteiger partial charge in [0.2, 0.25) is 0 Å². The molecule has 0 amide bonds. The van der Waals surface area contributed by atoms with Crippen LogP contribution in [0.4, 0.5) is 5.69 Å². The summed E-state index contributed by atoms with van der Waals surface area (Å²) in [5, 5.41) is 0. The predicted molar refractivity (Wildman–Crippen MR) is 70.5 cm³/mol. The van der Waals surface area contributed by atoms with Crippen LogP contribution in [0.1, 0.15) is 22.7 Å². The van der Waals surface area contributed by atoms with Crippen LogP contribution in [0.5, 0.6) is 0 Å². The molecule has 88 valence electrons. The SMILES string of the molecule is Cc1cccc(C(N)Cc2cnccc2N)c1. The molecule has 1 aromatic carbocycles. The molecule has 0 saturated carbocycles. The van der Waals surface area contributed by atoms with E-state index in [1.165, 1.54) is 5.56 Å². The van der Waals surface area contributed by atoms with E-state index in [1.54, 1.807) is 18.5 Å². The highest BCUT2D eigenvalue weighted by Gasteiger charge is 2.09. The van der Waals surface area contributed by atoms with Crippen molar-refractivity contribution in [1.29, 1.82) is 0 Å². The fourth-order valence-corrected chi connectivity index (χ4v) is 1.86. The highest BCUT2D eigenvalue weighted by atomic mass is 14.7. The third-order valence-corrected chi connectivity index (χ3v) is 2.85. The first kappa shape index (κ1) is 11.6. The molecule has 0 aliphatic rings. The first-order valence-corrected chi connectivity index (χ1v) is 5.67. The van der Waals surface area contributed by atoms with E-state index >= 15 is 0 Å². The molecule has 4 N–H and O–H groups in total. The summed E-state index contributed by atoms with van der Waals surface area (Å²) in [6.45, 7) is 2.06. The van der Waals surface area contributed by atoms with Crippen LogP contribution >= 0.6 is 0 Å². The van der Waals surface area contributed by atoms with E-state index in [0.717, 1.165) is 16.8 Å². The lowest BCUT2D eigenvalue weighted by Crippen LogP contribution is -2.14. The fraction of sp³-hybridized carbons (Fsp3) is 0.214. The van der Waals surface area contributed by atoms with E-state index in [1.807, 2.05) is 12.1 Å². The summed E-state index contributed by atoms with van der Waals surface area (Å²) >= 11 is 0. The van der Waals surface area contributed by atoms with Crippen molar-refractivity contribution < 1.29 is 0 Å². The van der Waals surface area contributed by atoms with Crippen molar-refractivity contribution in [3.63, 3.8) is 0 Å². The van der Waals surface area contributed by atoms with Crippen LogP contribution in [0.2, 0.25) is 0 Å². The summed E-state index contributed by atoms with van der Waals surface area (Å²) in [5.74, 6) is 0. The molecular formula is C14H17N3. The zero-order valence-electron chi connectivity index (χ0n) is 9.93. The number of nitrogen functional groups attached to an aromatic ring is 1. The van der Waals surface area contributed by atoms with Crippen LogP contribution < -0.4 is 11.5 Å². The molecule has 3 heteroatoms. The average molecular weight is 227 g/mol. The molecule has 1 atom stereocenters. The number of benzene rings is 1. The fourth-order valence-electron chi connectivity index (χ4n) is 1.86. The molecule has 1 unspecified atom stereocenters. The Bertz CT molecular complexity index is 508. The normalized spacial score (nSPS) is 12.4. The zero-order chi connectivity index (χ0) is 12.3. The van der Waals surface area contributed by atoms with E-state index in [4.69, 9.17) is 11.5 Å². The zero-order valence-corrected chi connectivity index (χ0v) is 9.93. The van der Waals surface area contributed by atoms with Gasteiger partial charge in [-0.2, -0.15) is 0 Å². The van der Waals surface area contributed by atoms with Crippen LogP contribution in [0, 0.1) is 6.92 Å². The average Bonchev–Trinajstić information content (AvgIpc) is 2.32. The van der Waals surface area contributed by atoms with Gasteiger partial charge in [-0.3, -0.25) is 4.98 Å². The number of nitrogens with two attached hydrogens (primary N) is 2. The Hall–Kier alpha value is -1.87. The number of rotatable bonds is 3.